The molecule has 118 valence electrons. The molecule has 0 bridgehead atoms. The van der Waals surface area contributed by atoms with E-state index < -0.39 is 0 Å². The van der Waals surface area contributed by atoms with Crippen LogP contribution in [0.15, 0.2) is 4.99 Å². The number of guanidine groups is 1. The van der Waals surface area contributed by atoms with Gasteiger partial charge in [0.15, 0.2) is 5.96 Å². The van der Waals surface area contributed by atoms with Crippen molar-refractivity contribution >= 4 is 29.9 Å². The lowest BCUT2D eigenvalue weighted by molar-refractivity contribution is 0.282. The molecule has 2 aliphatic rings. The van der Waals surface area contributed by atoms with Crippen molar-refractivity contribution < 1.29 is 0 Å². The van der Waals surface area contributed by atoms with Gasteiger partial charge in [0.25, 0.3) is 0 Å². The molecule has 0 radical (unpaired) electrons. The van der Waals surface area contributed by atoms with E-state index in [4.69, 9.17) is 0 Å². The lowest BCUT2D eigenvalue weighted by Gasteiger charge is -2.20. The second-order valence-electron chi connectivity index (χ2n) is 6.07. The summed E-state index contributed by atoms with van der Waals surface area (Å²) in [5.74, 6) is 1.79. The predicted molar refractivity (Wildman–Crippen MR) is 97.0 cm³/mol. The van der Waals surface area contributed by atoms with Crippen molar-refractivity contribution in [1.82, 2.24) is 15.5 Å². The first-order valence-corrected chi connectivity index (χ1v) is 7.99. The van der Waals surface area contributed by atoms with E-state index >= 15 is 0 Å². The minimum atomic E-state index is 0. The van der Waals surface area contributed by atoms with Crippen LogP contribution in [0.2, 0.25) is 0 Å². The maximum absolute atomic E-state index is 4.28. The van der Waals surface area contributed by atoms with E-state index in [0.29, 0.717) is 6.04 Å². The fourth-order valence-electron chi connectivity index (χ4n) is 2.76. The molecule has 0 aromatic heterocycles. The third-order valence-corrected chi connectivity index (χ3v) is 4.30. The molecule has 2 rings (SSSR count). The summed E-state index contributed by atoms with van der Waals surface area (Å²) >= 11 is 0. The Balaban J connectivity index is 0.00000200. The van der Waals surface area contributed by atoms with Crippen molar-refractivity contribution in [3.8, 4) is 0 Å². The summed E-state index contributed by atoms with van der Waals surface area (Å²) in [6, 6.07) is 0.650. The lowest BCUT2D eigenvalue weighted by Crippen LogP contribution is -2.40. The number of nitrogens with one attached hydrogen (secondary N) is 2. The minimum absolute atomic E-state index is 0. The summed E-state index contributed by atoms with van der Waals surface area (Å²) in [5.41, 5.74) is 0. The van der Waals surface area contributed by atoms with Crippen molar-refractivity contribution in [3.63, 3.8) is 0 Å². The first-order chi connectivity index (χ1) is 9.29. The number of hydrogen-bond acceptors (Lipinski definition) is 2. The Morgan fingerprint density at radius 2 is 1.85 bits per heavy atom. The summed E-state index contributed by atoms with van der Waals surface area (Å²) < 4.78 is 0. The molecule has 5 heteroatoms. The normalized spacial score (nSPS) is 27.4. The monoisotopic (exact) mass is 394 g/mol. The molecule has 1 aliphatic heterocycles. The van der Waals surface area contributed by atoms with E-state index in [0.717, 1.165) is 18.4 Å². The molecule has 1 saturated carbocycles. The highest BCUT2D eigenvalue weighted by Gasteiger charge is 2.33. The lowest BCUT2D eigenvalue weighted by atomic mass is 10.2. The molecule has 0 aromatic carbocycles. The quantitative estimate of drug-likeness (QED) is 0.326. The Morgan fingerprint density at radius 3 is 2.40 bits per heavy atom. The Kier molecular flexibility index (Phi) is 8.84. The zero-order chi connectivity index (χ0) is 13.5. The van der Waals surface area contributed by atoms with Crippen LogP contribution in [-0.4, -0.2) is 50.1 Å². The molecule has 2 unspecified atom stereocenters. The van der Waals surface area contributed by atoms with Gasteiger partial charge in [-0.05, 0) is 51.2 Å². The maximum atomic E-state index is 4.28. The molecule has 2 atom stereocenters. The van der Waals surface area contributed by atoms with E-state index in [1.807, 2.05) is 7.05 Å². The van der Waals surface area contributed by atoms with Crippen LogP contribution in [0.4, 0.5) is 0 Å². The fraction of sp³-hybridized carbons (Fsp3) is 0.933. The van der Waals surface area contributed by atoms with Crippen LogP contribution < -0.4 is 10.6 Å². The van der Waals surface area contributed by atoms with Gasteiger partial charge in [-0.3, -0.25) is 4.99 Å². The minimum Gasteiger partial charge on any atom is -0.356 e. The molecule has 0 spiro atoms. The molecule has 1 aliphatic carbocycles. The van der Waals surface area contributed by atoms with Crippen LogP contribution in [0.25, 0.3) is 0 Å². The van der Waals surface area contributed by atoms with Gasteiger partial charge in [-0.25, -0.2) is 0 Å². The summed E-state index contributed by atoms with van der Waals surface area (Å²) in [7, 11) is 1.86. The molecule has 1 heterocycles. The molecule has 0 amide bonds. The molecule has 1 saturated heterocycles. The van der Waals surface area contributed by atoms with E-state index in [-0.39, 0.29) is 24.0 Å². The highest BCUT2D eigenvalue weighted by atomic mass is 127. The van der Waals surface area contributed by atoms with Gasteiger partial charge in [-0.2, -0.15) is 0 Å². The Morgan fingerprint density at radius 1 is 1.20 bits per heavy atom. The van der Waals surface area contributed by atoms with Gasteiger partial charge in [0, 0.05) is 19.6 Å². The number of nitrogens with zero attached hydrogens (tertiary/aromatic N) is 2. The van der Waals surface area contributed by atoms with Crippen LogP contribution in [0.1, 0.15) is 45.4 Å². The number of halogens is 1. The molecular formula is C15H31IN4. The van der Waals surface area contributed by atoms with Crippen LogP contribution in [0.3, 0.4) is 0 Å². The summed E-state index contributed by atoms with van der Waals surface area (Å²) in [6.07, 6.45) is 8.11. The summed E-state index contributed by atoms with van der Waals surface area (Å²) in [6.45, 7) is 7.13. The van der Waals surface area contributed by atoms with E-state index in [1.165, 1.54) is 58.2 Å². The van der Waals surface area contributed by atoms with Gasteiger partial charge in [-0.1, -0.05) is 19.8 Å². The van der Waals surface area contributed by atoms with Gasteiger partial charge in [0.1, 0.15) is 0 Å². The number of rotatable bonds is 5. The Hall–Kier alpha value is -0.0400. The fourth-order valence-corrected chi connectivity index (χ4v) is 2.76. The molecule has 0 aromatic rings. The second-order valence-corrected chi connectivity index (χ2v) is 6.07. The van der Waals surface area contributed by atoms with Crippen LogP contribution >= 0.6 is 24.0 Å². The molecular weight excluding hydrogens is 363 g/mol. The highest BCUT2D eigenvalue weighted by molar-refractivity contribution is 14.0. The van der Waals surface area contributed by atoms with Crippen molar-refractivity contribution in [2.75, 3.05) is 33.2 Å². The SMILES string of the molecule is CN=C(NCCCN1CCCCCC1)NC1CC1C.I. The van der Waals surface area contributed by atoms with Gasteiger partial charge in [0.2, 0.25) is 0 Å². The van der Waals surface area contributed by atoms with Crippen molar-refractivity contribution in [2.24, 2.45) is 10.9 Å². The van der Waals surface area contributed by atoms with E-state index in [2.05, 4.69) is 27.4 Å². The summed E-state index contributed by atoms with van der Waals surface area (Å²) in [5, 5.41) is 6.89. The number of aliphatic imine (C=N–C) groups is 1. The third-order valence-electron chi connectivity index (χ3n) is 4.30. The zero-order valence-electron chi connectivity index (χ0n) is 13.0. The molecule has 2 N–H and O–H groups in total. The Labute approximate surface area is 141 Å². The number of hydrogen-bond donors (Lipinski definition) is 2. The summed E-state index contributed by atoms with van der Waals surface area (Å²) in [4.78, 5) is 6.90. The molecule has 20 heavy (non-hydrogen) atoms. The third kappa shape index (κ3) is 6.61. The van der Waals surface area contributed by atoms with E-state index in [9.17, 15) is 0 Å². The smallest absolute Gasteiger partial charge is 0.191 e. The average molecular weight is 394 g/mol. The van der Waals surface area contributed by atoms with Gasteiger partial charge < -0.3 is 15.5 Å². The van der Waals surface area contributed by atoms with Crippen LogP contribution in [-0.2, 0) is 0 Å². The highest BCUT2D eigenvalue weighted by Crippen LogP contribution is 2.28. The van der Waals surface area contributed by atoms with Crippen LogP contribution in [0, 0.1) is 5.92 Å². The Bertz CT molecular complexity index is 288. The number of likely N-dealkylation sites (tertiary alicyclic amines) is 1. The molecule has 4 nitrogen and oxygen atoms in total. The van der Waals surface area contributed by atoms with Crippen molar-refractivity contribution in [2.45, 2.75) is 51.5 Å². The second kappa shape index (κ2) is 9.82. The van der Waals surface area contributed by atoms with Gasteiger partial charge in [-0.15, -0.1) is 24.0 Å². The molecule has 2 fully saturated rings. The standard InChI is InChI=1S/C15H30N4.HI/c1-13-12-14(13)18-15(16-2)17-8-7-11-19-9-5-3-4-6-10-19;/h13-14H,3-12H2,1-2H3,(H2,16,17,18);1H. The first-order valence-electron chi connectivity index (χ1n) is 7.99. The predicted octanol–water partition coefficient (Wildman–Crippen LogP) is 2.44. The van der Waals surface area contributed by atoms with Gasteiger partial charge in [0.05, 0.1) is 0 Å². The maximum Gasteiger partial charge on any atom is 0.191 e. The van der Waals surface area contributed by atoms with Crippen LogP contribution in [0.5, 0.6) is 0 Å². The van der Waals surface area contributed by atoms with Crippen molar-refractivity contribution in [1.29, 1.82) is 0 Å². The topological polar surface area (TPSA) is 39.7 Å². The largest absolute Gasteiger partial charge is 0.356 e. The van der Waals surface area contributed by atoms with E-state index in [1.54, 1.807) is 0 Å². The van der Waals surface area contributed by atoms with Crippen molar-refractivity contribution in [3.05, 3.63) is 0 Å². The zero-order valence-corrected chi connectivity index (χ0v) is 15.4. The average Bonchev–Trinajstić information content (AvgIpc) is 3.16. The van der Waals surface area contributed by atoms with Gasteiger partial charge >= 0.3 is 0 Å². The first kappa shape index (κ1) is 18.0.